The number of benzene rings is 2. The first-order valence-corrected chi connectivity index (χ1v) is 9.71. The van der Waals surface area contributed by atoms with Crippen LogP contribution in [0.2, 0.25) is 0 Å². The minimum atomic E-state index is 1.18. The molecule has 0 amide bonds. The van der Waals surface area contributed by atoms with E-state index in [1.165, 1.54) is 46.8 Å². The normalized spacial score (nSPS) is 11.6. The van der Waals surface area contributed by atoms with E-state index in [0.29, 0.717) is 0 Å². The maximum absolute atomic E-state index is 2.33. The third-order valence-corrected chi connectivity index (χ3v) is 5.53. The second-order valence-electron chi connectivity index (χ2n) is 5.24. The fourth-order valence-electron chi connectivity index (χ4n) is 2.13. The van der Waals surface area contributed by atoms with Gasteiger partial charge in [-0.3, -0.25) is 0 Å². The third kappa shape index (κ3) is 6.76. The highest BCUT2D eigenvalue weighted by Gasteiger charge is 2.02. The summed E-state index contributed by atoms with van der Waals surface area (Å²) in [6, 6.07) is 21.3. The van der Waals surface area contributed by atoms with Gasteiger partial charge in [-0.25, -0.2) is 0 Å². The molecule has 22 heavy (non-hydrogen) atoms. The first-order valence-electron chi connectivity index (χ1n) is 8.02. The van der Waals surface area contributed by atoms with E-state index in [1.807, 2.05) is 23.5 Å². The molecule has 0 radical (unpaired) electrons. The van der Waals surface area contributed by atoms with E-state index in [0.717, 1.165) is 0 Å². The molecule has 0 saturated carbocycles. The van der Waals surface area contributed by atoms with E-state index in [4.69, 9.17) is 0 Å². The van der Waals surface area contributed by atoms with E-state index in [-0.39, 0.29) is 0 Å². The van der Waals surface area contributed by atoms with Crippen molar-refractivity contribution in [2.45, 2.75) is 48.8 Å². The molecule has 0 spiro atoms. The molecule has 0 unspecified atom stereocenters. The van der Waals surface area contributed by atoms with Crippen LogP contribution in [0.5, 0.6) is 0 Å². The van der Waals surface area contributed by atoms with E-state index >= 15 is 0 Å². The summed E-state index contributed by atoms with van der Waals surface area (Å²) in [6.45, 7) is 2.26. The molecular weight excluding hydrogens is 304 g/mol. The van der Waals surface area contributed by atoms with Crippen LogP contribution >= 0.6 is 23.5 Å². The van der Waals surface area contributed by atoms with Crippen molar-refractivity contribution in [2.75, 3.05) is 0 Å². The summed E-state index contributed by atoms with van der Waals surface area (Å²) in [5.74, 6) is 0. The van der Waals surface area contributed by atoms with Crippen LogP contribution in [0.25, 0.3) is 0 Å². The maximum atomic E-state index is 2.33. The highest BCUT2D eigenvalue weighted by Crippen LogP contribution is 2.33. The molecule has 0 heterocycles. The zero-order valence-corrected chi connectivity index (χ0v) is 14.8. The summed E-state index contributed by atoms with van der Waals surface area (Å²) in [7, 11) is 0. The first-order chi connectivity index (χ1) is 10.9. The highest BCUT2D eigenvalue weighted by molar-refractivity contribution is 8.06. The standard InChI is InChI=1S/C20H24S2/c1-2-3-4-7-16-20(22-19-14-10-6-11-15-19)17-21-18-12-8-5-9-13-18/h5-6,8-15,17H,2-4,7,16H2,1H3/b20-17+. The Balaban J connectivity index is 1.97. The largest absolute Gasteiger partial charge is 0.0972 e. The van der Waals surface area contributed by atoms with Gasteiger partial charge in [0.25, 0.3) is 0 Å². The number of hydrogen-bond donors (Lipinski definition) is 0. The average Bonchev–Trinajstić information content (AvgIpc) is 2.58. The molecule has 0 bridgehead atoms. The van der Waals surface area contributed by atoms with Crippen molar-refractivity contribution in [3.05, 3.63) is 71.0 Å². The van der Waals surface area contributed by atoms with E-state index < -0.39 is 0 Å². The molecule has 0 nitrogen and oxygen atoms in total. The highest BCUT2D eigenvalue weighted by atomic mass is 32.2. The van der Waals surface area contributed by atoms with E-state index in [9.17, 15) is 0 Å². The van der Waals surface area contributed by atoms with Gasteiger partial charge in [0.1, 0.15) is 0 Å². The van der Waals surface area contributed by atoms with Gasteiger partial charge in [-0.05, 0) is 47.4 Å². The molecular formula is C20H24S2. The number of allylic oxidation sites excluding steroid dienone is 1. The van der Waals surface area contributed by atoms with Crippen LogP contribution in [0.4, 0.5) is 0 Å². The molecule has 0 saturated heterocycles. The Bertz CT molecular complexity index is 546. The second kappa shape index (κ2) is 10.6. The third-order valence-electron chi connectivity index (χ3n) is 3.34. The van der Waals surface area contributed by atoms with Crippen LogP contribution < -0.4 is 0 Å². The lowest BCUT2D eigenvalue weighted by Crippen LogP contribution is -1.81. The Labute approximate surface area is 143 Å². The maximum Gasteiger partial charge on any atom is 0.0119 e. The molecule has 2 aromatic rings. The van der Waals surface area contributed by atoms with Gasteiger partial charge < -0.3 is 0 Å². The average molecular weight is 329 g/mol. The zero-order valence-electron chi connectivity index (χ0n) is 13.2. The van der Waals surface area contributed by atoms with Gasteiger partial charge >= 0.3 is 0 Å². The summed E-state index contributed by atoms with van der Waals surface area (Å²) in [6.07, 6.45) is 6.44. The molecule has 0 fully saturated rings. The van der Waals surface area contributed by atoms with Gasteiger partial charge in [-0.15, -0.1) is 0 Å². The number of hydrogen-bond acceptors (Lipinski definition) is 2. The van der Waals surface area contributed by atoms with Crippen LogP contribution in [0.1, 0.15) is 39.0 Å². The van der Waals surface area contributed by atoms with Crippen LogP contribution in [0.15, 0.2) is 80.8 Å². The SMILES string of the molecule is CCCCCC/C(=C\Sc1ccccc1)Sc1ccccc1. The van der Waals surface area contributed by atoms with Gasteiger partial charge in [0.2, 0.25) is 0 Å². The quantitative estimate of drug-likeness (QED) is 0.348. The van der Waals surface area contributed by atoms with Crippen LogP contribution in [-0.2, 0) is 0 Å². The van der Waals surface area contributed by atoms with Crippen molar-refractivity contribution < 1.29 is 0 Å². The molecule has 0 atom stereocenters. The Morgan fingerprint density at radius 3 is 2.09 bits per heavy atom. The Morgan fingerprint density at radius 2 is 1.45 bits per heavy atom. The second-order valence-corrected chi connectivity index (χ2v) is 7.38. The lowest BCUT2D eigenvalue weighted by Gasteiger charge is -2.08. The van der Waals surface area contributed by atoms with E-state index in [2.05, 4.69) is 73.0 Å². The molecule has 0 aromatic heterocycles. The Hall–Kier alpha value is -1.12. The summed E-state index contributed by atoms with van der Waals surface area (Å²) in [5, 5.41) is 2.33. The van der Waals surface area contributed by atoms with Gasteiger partial charge in [-0.2, -0.15) is 0 Å². The minimum absolute atomic E-state index is 1.18. The Morgan fingerprint density at radius 1 is 0.818 bits per heavy atom. The fraction of sp³-hybridized carbons (Fsp3) is 0.300. The van der Waals surface area contributed by atoms with Crippen molar-refractivity contribution in [3.63, 3.8) is 0 Å². The van der Waals surface area contributed by atoms with Gasteiger partial charge in [-0.1, -0.05) is 86.1 Å². The molecule has 2 heteroatoms. The summed E-state index contributed by atoms with van der Waals surface area (Å²) in [5.41, 5.74) is 0. The molecule has 0 aliphatic heterocycles. The molecule has 0 N–H and O–H groups in total. The summed E-state index contributed by atoms with van der Waals surface area (Å²) in [4.78, 5) is 4.11. The first kappa shape index (κ1) is 17.2. The number of thioether (sulfide) groups is 2. The molecule has 0 aliphatic carbocycles. The zero-order chi connectivity index (χ0) is 15.5. The van der Waals surface area contributed by atoms with E-state index in [1.54, 1.807) is 0 Å². The molecule has 2 aromatic carbocycles. The van der Waals surface area contributed by atoms with Gasteiger partial charge in [0.05, 0.1) is 0 Å². The predicted molar refractivity (Wildman–Crippen MR) is 101 cm³/mol. The lowest BCUT2D eigenvalue weighted by molar-refractivity contribution is 0.672. The number of rotatable bonds is 9. The van der Waals surface area contributed by atoms with Crippen molar-refractivity contribution in [1.82, 2.24) is 0 Å². The Kier molecular flexibility index (Phi) is 8.29. The molecule has 2 rings (SSSR count). The monoisotopic (exact) mass is 328 g/mol. The van der Waals surface area contributed by atoms with Crippen molar-refractivity contribution in [1.29, 1.82) is 0 Å². The summed E-state index contributed by atoms with van der Waals surface area (Å²) >= 11 is 3.73. The number of unbranched alkanes of at least 4 members (excludes halogenated alkanes) is 3. The minimum Gasteiger partial charge on any atom is -0.0972 e. The van der Waals surface area contributed by atoms with Crippen LogP contribution in [0.3, 0.4) is 0 Å². The smallest absolute Gasteiger partial charge is 0.0119 e. The van der Waals surface area contributed by atoms with Gasteiger partial charge in [0.15, 0.2) is 0 Å². The van der Waals surface area contributed by atoms with Crippen molar-refractivity contribution >= 4 is 23.5 Å². The van der Waals surface area contributed by atoms with Crippen molar-refractivity contribution in [3.8, 4) is 0 Å². The summed E-state index contributed by atoms with van der Waals surface area (Å²) < 4.78 is 0. The van der Waals surface area contributed by atoms with Gasteiger partial charge in [0, 0.05) is 9.79 Å². The van der Waals surface area contributed by atoms with Crippen LogP contribution in [-0.4, -0.2) is 0 Å². The lowest BCUT2D eigenvalue weighted by atomic mass is 10.1. The fourth-order valence-corrected chi connectivity index (χ4v) is 4.01. The molecule has 116 valence electrons. The predicted octanol–water partition coefficient (Wildman–Crippen LogP) is 7.38. The van der Waals surface area contributed by atoms with Crippen LogP contribution in [0, 0.1) is 0 Å². The molecule has 0 aliphatic rings. The topological polar surface area (TPSA) is 0 Å². The van der Waals surface area contributed by atoms with Crippen molar-refractivity contribution in [2.24, 2.45) is 0 Å².